The van der Waals surface area contributed by atoms with Crippen LogP contribution < -0.4 is 5.32 Å². The largest absolute Gasteiger partial charge is 0.301 e. The fraction of sp³-hybridized carbons (Fsp3) is 0.118. The van der Waals surface area contributed by atoms with E-state index in [1.54, 1.807) is 6.20 Å². The second-order valence-electron chi connectivity index (χ2n) is 5.37. The van der Waals surface area contributed by atoms with Crippen molar-refractivity contribution in [3.63, 3.8) is 0 Å². The molecule has 4 rings (SSSR count). The van der Waals surface area contributed by atoms with Gasteiger partial charge in [-0.2, -0.15) is 4.37 Å². The van der Waals surface area contributed by atoms with E-state index in [1.807, 2.05) is 37.3 Å². The molecule has 1 N–H and O–H groups in total. The Kier molecular flexibility index (Phi) is 4.91. The third-order valence-electron chi connectivity index (χ3n) is 3.48. The lowest BCUT2D eigenvalue weighted by Crippen LogP contribution is -2.13. The molecule has 0 bridgehead atoms. The number of amides is 1. The molecule has 0 spiro atoms. The van der Waals surface area contributed by atoms with Gasteiger partial charge in [0.05, 0.1) is 5.75 Å². The van der Waals surface area contributed by atoms with E-state index in [-0.39, 0.29) is 11.7 Å². The van der Waals surface area contributed by atoms with Crippen LogP contribution in [0.2, 0.25) is 0 Å². The van der Waals surface area contributed by atoms with E-state index in [2.05, 4.69) is 24.6 Å². The number of benzene rings is 1. The molecule has 0 saturated heterocycles. The van der Waals surface area contributed by atoms with Gasteiger partial charge in [-0.3, -0.25) is 4.79 Å². The van der Waals surface area contributed by atoms with E-state index in [4.69, 9.17) is 0 Å². The highest BCUT2D eigenvalue weighted by Gasteiger charge is 2.15. The van der Waals surface area contributed by atoms with Crippen LogP contribution in [0.4, 0.5) is 5.13 Å². The smallest absolute Gasteiger partial charge is 0.236 e. The number of rotatable bonds is 5. The summed E-state index contributed by atoms with van der Waals surface area (Å²) in [5, 5.41) is 4.18. The van der Waals surface area contributed by atoms with Gasteiger partial charge in [0.25, 0.3) is 0 Å². The topological polar surface area (TPSA) is 80.7 Å². The molecule has 0 radical (unpaired) electrons. The number of hydrogen-bond acceptors (Lipinski definition) is 8. The molecule has 1 aromatic carbocycles. The number of aryl methyl sites for hydroxylation is 1. The highest BCUT2D eigenvalue weighted by Crippen LogP contribution is 2.34. The number of hydrogen-bond donors (Lipinski definition) is 1. The zero-order chi connectivity index (χ0) is 17.9. The number of aromatic nitrogens is 4. The van der Waals surface area contributed by atoms with Crippen LogP contribution >= 0.6 is 34.6 Å². The first-order valence-corrected chi connectivity index (χ1v) is 10.3. The number of fused-ring (bicyclic) bond motifs is 1. The third kappa shape index (κ3) is 3.59. The molecule has 3 heterocycles. The Labute approximate surface area is 161 Å². The Hall–Kier alpha value is -2.36. The highest BCUT2D eigenvalue weighted by molar-refractivity contribution is 8.00. The predicted octanol–water partition coefficient (Wildman–Crippen LogP) is 4.25. The summed E-state index contributed by atoms with van der Waals surface area (Å²) in [4.78, 5) is 26.1. The summed E-state index contributed by atoms with van der Waals surface area (Å²) in [7, 11) is 0. The minimum Gasteiger partial charge on any atom is -0.301 e. The van der Waals surface area contributed by atoms with E-state index >= 15 is 0 Å². The summed E-state index contributed by atoms with van der Waals surface area (Å²) in [5.74, 6) is 0.146. The zero-order valence-corrected chi connectivity index (χ0v) is 16.1. The Morgan fingerprint density at radius 2 is 2.04 bits per heavy atom. The monoisotopic (exact) mass is 399 g/mol. The van der Waals surface area contributed by atoms with Gasteiger partial charge >= 0.3 is 0 Å². The molecule has 0 saturated carbocycles. The minimum atomic E-state index is -0.107. The highest BCUT2D eigenvalue weighted by atomic mass is 32.2. The predicted molar refractivity (Wildman–Crippen MR) is 107 cm³/mol. The van der Waals surface area contributed by atoms with Gasteiger partial charge in [-0.1, -0.05) is 42.1 Å². The number of thioether (sulfide) groups is 1. The van der Waals surface area contributed by atoms with Gasteiger partial charge in [-0.15, -0.1) is 11.3 Å². The number of anilines is 1. The number of carbonyl (C=O) groups excluding carboxylic acids is 1. The molecule has 0 fully saturated rings. The molecular formula is C17H13N5OS3. The lowest BCUT2D eigenvalue weighted by Gasteiger charge is -2.02. The molecule has 130 valence electrons. The summed E-state index contributed by atoms with van der Waals surface area (Å²) in [5.41, 5.74) is 2.68. The Bertz CT molecular complexity index is 1060. The maximum Gasteiger partial charge on any atom is 0.236 e. The summed E-state index contributed by atoms with van der Waals surface area (Å²) < 4.78 is 5.44. The van der Waals surface area contributed by atoms with Crippen molar-refractivity contribution in [3.05, 3.63) is 47.7 Å². The third-order valence-corrected chi connectivity index (χ3v) is 6.27. The van der Waals surface area contributed by atoms with Crippen LogP contribution in [0.5, 0.6) is 0 Å². The van der Waals surface area contributed by atoms with Crippen LogP contribution in [0, 0.1) is 6.92 Å². The molecule has 0 atom stereocenters. The van der Waals surface area contributed by atoms with Crippen molar-refractivity contribution < 1.29 is 4.79 Å². The van der Waals surface area contributed by atoms with Crippen LogP contribution in [-0.4, -0.2) is 31.0 Å². The molecular weight excluding hydrogens is 386 g/mol. The van der Waals surface area contributed by atoms with Gasteiger partial charge < -0.3 is 5.32 Å². The molecule has 0 aliphatic heterocycles. The second-order valence-corrected chi connectivity index (χ2v) is 8.34. The number of thiazole rings is 1. The number of nitrogens with one attached hydrogen (secondary N) is 1. The van der Waals surface area contributed by atoms with E-state index in [0.717, 1.165) is 31.4 Å². The van der Waals surface area contributed by atoms with Gasteiger partial charge in [0.15, 0.2) is 5.13 Å². The number of nitrogens with zero attached hydrogens (tertiary/aromatic N) is 4. The summed E-state index contributed by atoms with van der Waals surface area (Å²) in [6.07, 6.45) is 3.26. The van der Waals surface area contributed by atoms with Gasteiger partial charge in [0.2, 0.25) is 5.91 Å². The molecule has 3 aromatic heterocycles. The first kappa shape index (κ1) is 17.1. The second kappa shape index (κ2) is 7.48. The van der Waals surface area contributed by atoms with Crippen LogP contribution in [0.3, 0.4) is 0 Å². The minimum absolute atomic E-state index is 0.107. The summed E-state index contributed by atoms with van der Waals surface area (Å²) in [6, 6.07) is 9.93. The van der Waals surface area contributed by atoms with Crippen molar-refractivity contribution in [1.29, 1.82) is 0 Å². The first-order chi connectivity index (χ1) is 12.7. The molecule has 6 nitrogen and oxygen atoms in total. The first-order valence-electron chi connectivity index (χ1n) is 7.71. The fourth-order valence-electron chi connectivity index (χ4n) is 2.33. The summed E-state index contributed by atoms with van der Waals surface area (Å²) in [6.45, 7) is 1.95. The van der Waals surface area contributed by atoms with E-state index in [1.165, 1.54) is 41.0 Å². The lowest BCUT2D eigenvalue weighted by atomic mass is 10.1. The molecule has 0 aliphatic carbocycles. The number of carbonyl (C=O) groups is 1. The molecule has 9 heteroatoms. The zero-order valence-electron chi connectivity index (χ0n) is 13.7. The average Bonchev–Trinajstić information content (AvgIpc) is 3.27. The lowest BCUT2D eigenvalue weighted by molar-refractivity contribution is -0.113. The maximum atomic E-state index is 12.1. The Morgan fingerprint density at radius 1 is 1.19 bits per heavy atom. The Balaban J connectivity index is 1.52. The van der Waals surface area contributed by atoms with Gasteiger partial charge in [-0.25, -0.2) is 15.0 Å². The normalized spacial score (nSPS) is 11.0. The SMILES string of the molecule is Cc1cnc(NC(=O)CSc2ncnc3c(-c4ccccc4)nsc23)s1. The van der Waals surface area contributed by atoms with E-state index in [9.17, 15) is 4.79 Å². The molecule has 0 aliphatic rings. The van der Waals surface area contributed by atoms with Crippen LogP contribution in [0.25, 0.3) is 21.5 Å². The standard InChI is InChI=1S/C17H13N5OS3/c1-10-7-18-17(25-10)21-12(23)8-24-16-15-14(19-9-20-16)13(22-26-15)11-5-3-2-4-6-11/h2-7,9H,8H2,1H3,(H,18,21,23). The van der Waals surface area contributed by atoms with Crippen molar-refractivity contribution in [2.45, 2.75) is 11.9 Å². The molecule has 26 heavy (non-hydrogen) atoms. The van der Waals surface area contributed by atoms with Crippen molar-refractivity contribution in [2.24, 2.45) is 0 Å². The van der Waals surface area contributed by atoms with E-state index < -0.39 is 0 Å². The van der Waals surface area contributed by atoms with Crippen molar-refractivity contribution in [2.75, 3.05) is 11.1 Å². The molecule has 0 unspecified atom stereocenters. The van der Waals surface area contributed by atoms with Crippen molar-refractivity contribution in [1.82, 2.24) is 19.3 Å². The van der Waals surface area contributed by atoms with Crippen molar-refractivity contribution in [3.8, 4) is 11.3 Å². The van der Waals surface area contributed by atoms with Gasteiger partial charge in [0, 0.05) is 16.6 Å². The maximum absolute atomic E-state index is 12.1. The summed E-state index contributed by atoms with van der Waals surface area (Å²) >= 11 is 4.19. The van der Waals surface area contributed by atoms with Crippen LogP contribution in [0.1, 0.15) is 4.88 Å². The average molecular weight is 400 g/mol. The van der Waals surface area contributed by atoms with Crippen LogP contribution in [-0.2, 0) is 4.79 Å². The van der Waals surface area contributed by atoms with Gasteiger partial charge in [-0.05, 0) is 18.5 Å². The van der Waals surface area contributed by atoms with Gasteiger partial charge in [0.1, 0.15) is 27.3 Å². The molecule has 1 amide bonds. The van der Waals surface area contributed by atoms with Crippen LogP contribution in [0.15, 0.2) is 47.9 Å². The fourth-order valence-corrected chi connectivity index (χ4v) is 4.73. The molecule has 4 aromatic rings. The Morgan fingerprint density at radius 3 is 2.81 bits per heavy atom. The van der Waals surface area contributed by atoms with E-state index in [0.29, 0.717) is 5.13 Å². The van der Waals surface area contributed by atoms with Crippen molar-refractivity contribution >= 4 is 55.9 Å². The quantitative estimate of drug-likeness (QED) is 0.399.